The number of para-hydroxylation sites is 1. The molecule has 0 aliphatic carbocycles. The molecule has 0 aromatic heterocycles. The van der Waals surface area contributed by atoms with Crippen LogP contribution in [-0.4, -0.2) is 12.1 Å². The van der Waals surface area contributed by atoms with Crippen molar-refractivity contribution in [3.8, 4) is 0 Å². The Hall–Kier alpha value is -2.36. The van der Waals surface area contributed by atoms with E-state index in [2.05, 4.69) is 5.32 Å². The van der Waals surface area contributed by atoms with E-state index in [1.807, 2.05) is 44.2 Å². The highest BCUT2D eigenvalue weighted by molar-refractivity contribution is 6.02. The van der Waals surface area contributed by atoms with E-state index < -0.39 is 0 Å². The van der Waals surface area contributed by atoms with Gasteiger partial charge < -0.3 is 5.32 Å². The molecule has 0 saturated heterocycles. The number of urea groups is 1. The highest BCUT2D eigenvalue weighted by atomic mass is 19.1. The Morgan fingerprint density at radius 2 is 1.80 bits per heavy atom. The molecule has 4 heteroatoms. The van der Waals surface area contributed by atoms with Gasteiger partial charge >= 0.3 is 6.03 Å². The summed E-state index contributed by atoms with van der Waals surface area (Å²) >= 11 is 0. The lowest BCUT2D eigenvalue weighted by Crippen LogP contribution is -2.40. The van der Waals surface area contributed by atoms with E-state index in [-0.39, 0.29) is 17.9 Å². The van der Waals surface area contributed by atoms with E-state index in [0.29, 0.717) is 5.69 Å². The molecule has 2 rings (SSSR count). The third kappa shape index (κ3) is 3.35. The van der Waals surface area contributed by atoms with Crippen molar-refractivity contribution in [2.75, 3.05) is 10.2 Å². The standard InChI is InChI=1S/C16H17FN2O/c1-12(2)19(15-9-4-3-5-10-15)16(20)18-14-8-6-7-13(17)11-14/h3-12H,1-2H3,(H,18,20). The monoisotopic (exact) mass is 272 g/mol. The zero-order valence-electron chi connectivity index (χ0n) is 11.5. The summed E-state index contributed by atoms with van der Waals surface area (Å²) in [7, 11) is 0. The smallest absolute Gasteiger partial charge is 0.307 e. The van der Waals surface area contributed by atoms with Crippen LogP contribution >= 0.6 is 0 Å². The zero-order chi connectivity index (χ0) is 14.5. The minimum Gasteiger partial charge on any atom is -0.307 e. The fourth-order valence-electron chi connectivity index (χ4n) is 1.99. The van der Waals surface area contributed by atoms with Gasteiger partial charge in [0.15, 0.2) is 0 Å². The topological polar surface area (TPSA) is 32.3 Å². The second-order valence-electron chi connectivity index (χ2n) is 4.74. The SMILES string of the molecule is CC(C)N(C(=O)Nc1cccc(F)c1)c1ccccc1. The lowest BCUT2D eigenvalue weighted by molar-refractivity contribution is 0.255. The Labute approximate surface area is 118 Å². The van der Waals surface area contributed by atoms with E-state index in [9.17, 15) is 9.18 Å². The molecule has 0 fully saturated rings. The summed E-state index contributed by atoms with van der Waals surface area (Å²) in [5, 5.41) is 2.71. The van der Waals surface area contributed by atoms with Crippen molar-refractivity contribution in [3.63, 3.8) is 0 Å². The van der Waals surface area contributed by atoms with Crippen LogP contribution in [0.3, 0.4) is 0 Å². The minimum atomic E-state index is -0.376. The van der Waals surface area contributed by atoms with E-state index in [1.54, 1.807) is 17.0 Å². The van der Waals surface area contributed by atoms with Gasteiger partial charge in [0.05, 0.1) is 0 Å². The van der Waals surface area contributed by atoms with Crippen molar-refractivity contribution in [1.82, 2.24) is 0 Å². The molecule has 3 nitrogen and oxygen atoms in total. The van der Waals surface area contributed by atoms with Crippen LogP contribution in [0.15, 0.2) is 54.6 Å². The quantitative estimate of drug-likeness (QED) is 0.889. The van der Waals surface area contributed by atoms with Crippen molar-refractivity contribution in [1.29, 1.82) is 0 Å². The van der Waals surface area contributed by atoms with Crippen LogP contribution in [0.5, 0.6) is 0 Å². The molecule has 0 saturated carbocycles. The van der Waals surface area contributed by atoms with Gasteiger partial charge in [-0.2, -0.15) is 0 Å². The minimum absolute atomic E-state index is 0.00837. The molecule has 0 radical (unpaired) electrons. The fourth-order valence-corrected chi connectivity index (χ4v) is 1.99. The molecule has 104 valence electrons. The zero-order valence-corrected chi connectivity index (χ0v) is 11.5. The molecule has 2 amide bonds. The number of nitrogens with zero attached hydrogens (tertiary/aromatic N) is 1. The molecule has 1 N–H and O–H groups in total. The van der Waals surface area contributed by atoms with Gasteiger partial charge in [0, 0.05) is 17.4 Å². The number of halogens is 1. The average Bonchev–Trinajstić information content (AvgIpc) is 2.39. The van der Waals surface area contributed by atoms with Crippen LogP contribution < -0.4 is 10.2 Å². The van der Waals surface area contributed by atoms with Crippen LogP contribution in [0.25, 0.3) is 0 Å². The first kappa shape index (κ1) is 14.1. The van der Waals surface area contributed by atoms with Crippen LogP contribution in [-0.2, 0) is 0 Å². The summed E-state index contributed by atoms with van der Waals surface area (Å²) in [5.41, 5.74) is 1.24. The number of hydrogen-bond acceptors (Lipinski definition) is 1. The molecule has 0 aliphatic heterocycles. The predicted molar refractivity (Wildman–Crippen MR) is 79.5 cm³/mol. The molecule has 20 heavy (non-hydrogen) atoms. The number of rotatable bonds is 3. The van der Waals surface area contributed by atoms with Gasteiger partial charge in [0.1, 0.15) is 5.82 Å². The van der Waals surface area contributed by atoms with Gasteiger partial charge in [-0.05, 0) is 44.2 Å². The second kappa shape index (κ2) is 6.19. The molecule has 0 atom stereocenters. The second-order valence-corrected chi connectivity index (χ2v) is 4.74. The number of anilines is 2. The summed E-state index contributed by atoms with van der Waals surface area (Å²) < 4.78 is 13.1. The summed E-state index contributed by atoms with van der Waals surface area (Å²) in [6.45, 7) is 3.86. The average molecular weight is 272 g/mol. The van der Waals surface area contributed by atoms with E-state index >= 15 is 0 Å². The van der Waals surface area contributed by atoms with Crippen LogP contribution in [0.2, 0.25) is 0 Å². The van der Waals surface area contributed by atoms with Gasteiger partial charge in [0.2, 0.25) is 0 Å². The van der Waals surface area contributed by atoms with Crippen molar-refractivity contribution >= 4 is 17.4 Å². The molecule has 0 aliphatic rings. The maximum Gasteiger partial charge on any atom is 0.326 e. The third-order valence-corrected chi connectivity index (χ3v) is 2.85. The highest BCUT2D eigenvalue weighted by Crippen LogP contribution is 2.18. The van der Waals surface area contributed by atoms with E-state index in [1.165, 1.54) is 12.1 Å². The Kier molecular flexibility index (Phi) is 4.35. The Bertz CT molecular complexity index is 584. The molecule has 2 aromatic carbocycles. The summed E-state index contributed by atoms with van der Waals surface area (Å²) in [6, 6.07) is 14.9. The summed E-state index contributed by atoms with van der Waals surface area (Å²) in [6.07, 6.45) is 0. The number of amides is 2. The van der Waals surface area contributed by atoms with Gasteiger partial charge in [-0.3, -0.25) is 4.90 Å². The lowest BCUT2D eigenvalue weighted by Gasteiger charge is -2.27. The molecule has 0 spiro atoms. The van der Waals surface area contributed by atoms with Gasteiger partial charge in [-0.25, -0.2) is 9.18 Å². The lowest BCUT2D eigenvalue weighted by atomic mass is 10.2. The molecule has 0 bridgehead atoms. The normalized spacial score (nSPS) is 10.4. The van der Waals surface area contributed by atoms with Gasteiger partial charge in [-0.15, -0.1) is 0 Å². The number of hydrogen-bond donors (Lipinski definition) is 1. The van der Waals surface area contributed by atoms with Crippen molar-refractivity contribution in [2.24, 2.45) is 0 Å². The van der Waals surface area contributed by atoms with Crippen molar-refractivity contribution in [3.05, 3.63) is 60.4 Å². The first-order chi connectivity index (χ1) is 9.58. The first-order valence-corrected chi connectivity index (χ1v) is 6.49. The maximum atomic E-state index is 13.1. The van der Waals surface area contributed by atoms with Crippen LogP contribution in [0.1, 0.15) is 13.8 Å². The Balaban J connectivity index is 2.20. The molecule has 0 unspecified atom stereocenters. The molecule has 0 heterocycles. The fraction of sp³-hybridized carbons (Fsp3) is 0.188. The van der Waals surface area contributed by atoms with Crippen LogP contribution in [0, 0.1) is 5.82 Å². The van der Waals surface area contributed by atoms with E-state index in [4.69, 9.17) is 0 Å². The molecule has 2 aromatic rings. The van der Waals surface area contributed by atoms with Gasteiger partial charge in [0.25, 0.3) is 0 Å². The molecular weight excluding hydrogens is 255 g/mol. The number of benzene rings is 2. The maximum absolute atomic E-state index is 13.1. The first-order valence-electron chi connectivity index (χ1n) is 6.49. The number of carbonyl (C=O) groups excluding carboxylic acids is 1. The number of carbonyl (C=O) groups is 1. The summed E-state index contributed by atoms with van der Waals surface area (Å²) in [4.78, 5) is 14.0. The third-order valence-electron chi connectivity index (χ3n) is 2.85. The summed E-state index contributed by atoms with van der Waals surface area (Å²) in [5.74, 6) is -0.376. The van der Waals surface area contributed by atoms with Gasteiger partial charge in [-0.1, -0.05) is 24.3 Å². The van der Waals surface area contributed by atoms with Crippen molar-refractivity contribution in [2.45, 2.75) is 19.9 Å². The Morgan fingerprint density at radius 1 is 1.10 bits per heavy atom. The Morgan fingerprint density at radius 3 is 2.40 bits per heavy atom. The van der Waals surface area contributed by atoms with E-state index in [0.717, 1.165) is 5.69 Å². The number of nitrogens with one attached hydrogen (secondary N) is 1. The van der Waals surface area contributed by atoms with Crippen molar-refractivity contribution < 1.29 is 9.18 Å². The molecular formula is C16H17FN2O. The predicted octanol–water partition coefficient (Wildman–Crippen LogP) is 4.27. The van der Waals surface area contributed by atoms with Crippen LogP contribution in [0.4, 0.5) is 20.6 Å². The largest absolute Gasteiger partial charge is 0.326 e. The highest BCUT2D eigenvalue weighted by Gasteiger charge is 2.18.